The van der Waals surface area contributed by atoms with E-state index in [-0.39, 0.29) is 23.8 Å². The normalized spacial score (nSPS) is 10.4. The third-order valence-corrected chi connectivity index (χ3v) is 5.31. The molecule has 0 aliphatic rings. The van der Waals surface area contributed by atoms with Gasteiger partial charge in [0.25, 0.3) is 5.91 Å². The van der Waals surface area contributed by atoms with Crippen molar-refractivity contribution < 1.29 is 18.7 Å². The summed E-state index contributed by atoms with van der Waals surface area (Å²) < 4.78 is 20.8. The fraction of sp³-hybridized carbons (Fsp3) is 0.182. The van der Waals surface area contributed by atoms with Crippen LogP contribution >= 0.6 is 11.8 Å². The summed E-state index contributed by atoms with van der Waals surface area (Å²) in [6, 6.07) is 12.8. The van der Waals surface area contributed by atoms with Crippen LogP contribution in [0.15, 0.2) is 66.3 Å². The monoisotopic (exact) mass is 455 g/mol. The van der Waals surface area contributed by atoms with Gasteiger partial charge in [0.15, 0.2) is 11.0 Å². The van der Waals surface area contributed by atoms with Crippen LogP contribution in [-0.2, 0) is 17.9 Å². The standard InChI is InChI=1S/C22H22FN5O3S/c1-3-12-28-19(13-24-21(30)15-8-4-5-9-16(15)23)26-27-22(28)32-14-20(29)25-17-10-6-7-11-18(17)31-2/h3-11H,1,12-14H2,2H3,(H,24,30)(H,25,29). The molecule has 0 fully saturated rings. The molecule has 0 aliphatic heterocycles. The lowest BCUT2D eigenvalue weighted by atomic mass is 10.2. The van der Waals surface area contributed by atoms with Gasteiger partial charge in [-0.3, -0.25) is 9.59 Å². The molecule has 0 radical (unpaired) electrons. The Morgan fingerprint density at radius 2 is 1.94 bits per heavy atom. The highest BCUT2D eigenvalue weighted by Gasteiger charge is 2.16. The van der Waals surface area contributed by atoms with E-state index in [2.05, 4.69) is 27.4 Å². The molecular weight excluding hydrogens is 433 g/mol. The number of anilines is 1. The number of nitrogens with zero attached hydrogens (tertiary/aromatic N) is 3. The fourth-order valence-electron chi connectivity index (χ4n) is 2.83. The number of benzene rings is 2. The molecule has 0 unspecified atom stereocenters. The molecule has 3 aromatic rings. The molecule has 0 saturated heterocycles. The van der Waals surface area contributed by atoms with Crippen LogP contribution in [0.5, 0.6) is 5.75 Å². The first-order valence-corrected chi connectivity index (χ1v) is 10.6. The van der Waals surface area contributed by atoms with Crippen LogP contribution in [0.25, 0.3) is 0 Å². The highest BCUT2D eigenvalue weighted by Crippen LogP contribution is 2.24. The molecule has 0 spiro atoms. The van der Waals surface area contributed by atoms with Crippen molar-refractivity contribution in [3.05, 3.63) is 78.4 Å². The molecular formula is C22H22FN5O3S. The summed E-state index contributed by atoms with van der Waals surface area (Å²) in [5.74, 6) is -0.274. The number of amides is 2. The number of para-hydroxylation sites is 2. The van der Waals surface area contributed by atoms with E-state index < -0.39 is 11.7 Å². The molecule has 166 valence electrons. The minimum atomic E-state index is -0.602. The Morgan fingerprint density at radius 1 is 1.19 bits per heavy atom. The summed E-state index contributed by atoms with van der Waals surface area (Å²) in [5, 5.41) is 14.1. The summed E-state index contributed by atoms with van der Waals surface area (Å²) >= 11 is 1.20. The van der Waals surface area contributed by atoms with Crippen molar-refractivity contribution in [2.45, 2.75) is 18.2 Å². The molecule has 8 nitrogen and oxygen atoms in total. The molecule has 0 bridgehead atoms. The van der Waals surface area contributed by atoms with Crippen molar-refractivity contribution in [2.24, 2.45) is 0 Å². The Kier molecular flexibility index (Phi) is 7.98. The lowest BCUT2D eigenvalue weighted by Gasteiger charge is -2.10. The number of halogens is 1. The summed E-state index contributed by atoms with van der Waals surface area (Å²) in [6.07, 6.45) is 1.66. The molecule has 2 N–H and O–H groups in total. The van der Waals surface area contributed by atoms with Gasteiger partial charge in [0, 0.05) is 6.54 Å². The summed E-state index contributed by atoms with van der Waals surface area (Å²) in [5.41, 5.74) is 0.523. The van der Waals surface area contributed by atoms with E-state index in [4.69, 9.17) is 4.74 Å². The quantitative estimate of drug-likeness (QED) is 0.360. The molecule has 2 amide bonds. The van der Waals surface area contributed by atoms with Crippen LogP contribution in [0.3, 0.4) is 0 Å². The van der Waals surface area contributed by atoms with Crippen molar-refractivity contribution in [3.8, 4) is 5.75 Å². The fourth-order valence-corrected chi connectivity index (χ4v) is 3.60. The van der Waals surface area contributed by atoms with Gasteiger partial charge in [0.2, 0.25) is 5.91 Å². The zero-order valence-electron chi connectivity index (χ0n) is 17.4. The van der Waals surface area contributed by atoms with E-state index in [9.17, 15) is 14.0 Å². The van der Waals surface area contributed by atoms with E-state index in [0.717, 1.165) is 0 Å². The Bertz CT molecular complexity index is 1120. The number of thioether (sulfide) groups is 1. The van der Waals surface area contributed by atoms with E-state index >= 15 is 0 Å². The van der Waals surface area contributed by atoms with Crippen molar-refractivity contribution in [3.63, 3.8) is 0 Å². The smallest absolute Gasteiger partial charge is 0.254 e. The van der Waals surface area contributed by atoms with E-state index in [1.807, 2.05) is 6.07 Å². The highest BCUT2D eigenvalue weighted by atomic mass is 32.2. The molecule has 2 aromatic carbocycles. The van der Waals surface area contributed by atoms with Gasteiger partial charge in [-0.1, -0.05) is 42.1 Å². The van der Waals surface area contributed by atoms with Gasteiger partial charge >= 0.3 is 0 Å². The van der Waals surface area contributed by atoms with Gasteiger partial charge < -0.3 is 19.9 Å². The number of rotatable bonds is 10. The van der Waals surface area contributed by atoms with Crippen LogP contribution < -0.4 is 15.4 Å². The SMILES string of the molecule is C=CCn1c(CNC(=O)c2ccccc2F)nnc1SCC(=O)Nc1ccccc1OC. The summed E-state index contributed by atoms with van der Waals surface area (Å²) in [4.78, 5) is 24.6. The average Bonchev–Trinajstić information content (AvgIpc) is 3.18. The molecule has 0 saturated carbocycles. The minimum Gasteiger partial charge on any atom is -0.495 e. The second-order valence-electron chi connectivity index (χ2n) is 6.50. The molecule has 1 heterocycles. The molecule has 32 heavy (non-hydrogen) atoms. The first-order chi connectivity index (χ1) is 15.5. The number of allylic oxidation sites excluding steroid dienone is 1. The van der Waals surface area contributed by atoms with Crippen molar-refractivity contribution in [1.29, 1.82) is 0 Å². The van der Waals surface area contributed by atoms with Crippen molar-refractivity contribution in [1.82, 2.24) is 20.1 Å². The zero-order valence-corrected chi connectivity index (χ0v) is 18.2. The van der Waals surface area contributed by atoms with Crippen LogP contribution in [0.4, 0.5) is 10.1 Å². The van der Waals surface area contributed by atoms with Crippen molar-refractivity contribution >= 4 is 29.3 Å². The van der Waals surface area contributed by atoms with Crippen LogP contribution in [0, 0.1) is 5.82 Å². The Balaban J connectivity index is 1.63. The van der Waals surface area contributed by atoms with Crippen molar-refractivity contribution in [2.75, 3.05) is 18.2 Å². The molecule has 3 rings (SSSR count). The number of carbonyl (C=O) groups is 2. The number of aromatic nitrogens is 3. The van der Waals surface area contributed by atoms with Crippen LogP contribution in [0.2, 0.25) is 0 Å². The molecule has 0 aliphatic carbocycles. The lowest BCUT2D eigenvalue weighted by Crippen LogP contribution is -2.25. The highest BCUT2D eigenvalue weighted by molar-refractivity contribution is 7.99. The average molecular weight is 456 g/mol. The Labute approximate surface area is 188 Å². The number of hydrogen-bond acceptors (Lipinski definition) is 6. The number of nitrogens with one attached hydrogen (secondary N) is 2. The predicted octanol–water partition coefficient (Wildman–Crippen LogP) is 3.27. The van der Waals surface area contributed by atoms with E-state index in [1.54, 1.807) is 34.9 Å². The van der Waals surface area contributed by atoms with Crippen LogP contribution in [-0.4, -0.2) is 39.4 Å². The molecule has 10 heteroatoms. The molecule has 0 atom stereocenters. The van der Waals surface area contributed by atoms with Gasteiger partial charge in [-0.2, -0.15) is 0 Å². The number of ether oxygens (including phenoxy) is 1. The topological polar surface area (TPSA) is 98.1 Å². The van der Waals surface area contributed by atoms with Crippen LogP contribution in [0.1, 0.15) is 16.2 Å². The summed E-state index contributed by atoms with van der Waals surface area (Å²) in [6.45, 7) is 4.15. The maximum atomic E-state index is 13.8. The second-order valence-corrected chi connectivity index (χ2v) is 7.44. The maximum absolute atomic E-state index is 13.8. The number of hydrogen-bond donors (Lipinski definition) is 2. The third kappa shape index (κ3) is 5.73. The van der Waals surface area contributed by atoms with E-state index in [0.29, 0.717) is 29.0 Å². The third-order valence-electron chi connectivity index (χ3n) is 4.34. The maximum Gasteiger partial charge on any atom is 0.254 e. The van der Waals surface area contributed by atoms with E-state index in [1.165, 1.54) is 37.1 Å². The largest absolute Gasteiger partial charge is 0.495 e. The number of methoxy groups -OCH3 is 1. The predicted molar refractivity (Wildman–Crippen MR) is 120 cm³/mol. The summed E-state index contributed by atoms with van der Waals surface area (Å²) in [7, 11) is 1.53. The van der Waals surface area contributed by atoms with Gasteiger partial charge in [-0.05, 0) is 24.3 Å². The van der Waals surface area contributed by atoms with Gasteiger partial charge in [0.05, 0.1) is 30.7 Å². The first kappa shape index (κ1) is 23.0. The first-order valence-electron chi connectivity index (χ1n) is 9.64. The lowest BCUT2D eigenvalue weighted by molar-refractivity contribution is -0.113. The zero-order chi connectivity index (χ0) is 22.9. The molecule has 1 aromatic heterocycles. The Hall–Kier alpha value is -3.66. The van der Waals surface area contributed by atoms with Gasteiger partial charge in [-0.15, -0.1) is 16.8 Å². The second kappa shape index (κ2) is 11.1. The van der Waals surface area contributed by atoms with Gasteiger partial charge in [-0.25, -0.2) is 4.39 Å². The number of carbonyl (C=O) groups excluding carboxylic acids is 2. The van der Waals surface area contributed by atoms with Gasteiger partial charge in [0.1, 0.15) is 11.6 Å². The minimum absolute atomic E-state index is 0.0436. The Morgan fingerprint density at radius 3 is 2.69 bits per heavy atom.